The van der Waals surface area contributed by atoms with E-state index in [0.717, 1.165) is 28.7 Å². The van der Waals surface area contributed by atoms with Crippen molar-refractivity contribution < 1.29 is 4.74 Å². The minimum Gasteiger partial charge on any atom is -0.474 e. The highest BCUT2D eigenvalue weighted by atomic mass is 16.5. The number of H-pyrrole nitrogens is 1. The lowest BCUT2D eigenvalue weighted by Crippen LogP contribution is -2.07. The molecule has 104 valence electrons. The summed E-state index contributed by atoms with van der Waals surface area (Å²) < 4.78 is 7.65. The lowest BCUT2D eigenvalue weighted by molar-refractivity contribution is 0.236. The maximum atomic E-state index is 5.78. The molecule has 6 nitrogen and oxygen atoms in total. The molecule has 0 atom stereocenters. The predicted molar refractivity (Wildman–Crippen MR) is 76.5 cm³/mol. The first-order chi connectivity index (χ1) is 9.69. The van der Waals surface area contributed by atoms with Gasteiger partial charge < -0.3 is 4.74 Å². The van der Waals surface area contributed by atoms with Gasteiger partial charge in [0.1, 0.15) is 5.69 Å². The Morgan fingerprint density at radius 2 is 2.25 bits per heavy atom. The molecule has 0 bridgehead atoms. The lowest BCUT2D eigenvalue weighted by atomic mass is 10.1. The first-order valence-corrected chi connectivity index (χ1v) is 6.71. The fourth-order valence-corrected chi connectivity index (χ4v) is 2.12. The summed E-state index contributed by atoms with van der Waals surface area (Å²) in [7, 11) is 0. The highest BCUT2D eigenvalue weighted by Crippen LogP contribution is 2.32. The van der Waals surface area contributed by atoms with Crippen molar-refractivity contribution in [3.63, 3.8) is 0 Å². The smallest absolute Gasteiger partial charge is 0.225 e. The van der Waals surface area contributed by atoms with Gasteiger partial charge in [-0.25, -0.2) is 4.98 Å². The molecule has 0 unspecified atom stereocenters. The van der Waals surface area contributed by atoms with Crippen molar-refractivity contribution in [1.29, 1.82) is 0 Å². The summed E-state index contributed by atoms with van der Waals surface area (Å²) in [5, 5.41) is 12.6. The highest BCUT2D eigenvalue weighted by Gasteiger charge is 2.16. The van der Waals surface area contributed by atoms with E-state index in [0.29, 0.717) is 5.88 Å². The minimum absolute atomic E-state index is 0.0641. The molecule has 3 rings (SSSR count). The zero-order valence-corrected chi connectivity index (χ0v) is 11.8. The minimum atomic E-state index is 0.0641. The van der Waals surface area contributed by atoms with Crippen LogP contribution >= 0.6 is 0 Å². The van der Waals surface area contributed by atoms with Gasteiger partial charge in [-0.1, -0.05) is 0 Å². The Morgan fingerprint density at radius 1 is 1.40 bits per heavy atom. The molecule has 0 saturated heterocycles. The lowest BCUT2D eigenvalue weighted by Gasteiger charge is -2.09. The second-order valence-electron chi connectivity index (χ2n) is 4.86. The molecule has 20 heavy (non-hydrogen) atoms. The maximum absolute atomic E-state index is 5.78. The number of aromatic nitrogens is 5. The van der Waals surface area contributed by atoms with Crippen LogP contribution in [0.4, 0.5) is 0 Å². The van der Waals surface area contributed by atoms with Crippen LogP contribution in [0.15, 0.2) is 24.7 Å². The fourth-order valence-electron chi connectivity index (χ4n) is 2.12. The van der Waals surface area contributed by atoms with Crippen LogP contribution in [0.5, 0.6) is 5.88 Å². The van der Waals surface area contributed by atoms with Crippen molar-refractivity contribution in [3.8, 4) is 17.1 Å². The summed E-state index contributed by atoms with van der Waals surface area (Å²) in [6.45, 7) is 6.84. The molecule has 1 N–H and O–H groups in total. The van der Waals surface area contributed by atoms with Gasteiger partial charge in [-0.2, -0.15) is 10.2 Å². The Balaban J connectivity index is 2.15. The average Bonchev–Trinajstić information content (AvgIpc) is 3.04. The fraction of sp³-hybridized carbons (Fsp3) is 0.357. The SMILES string of the molecule is CCn1cc(-c2n[nH]c3ccnc(OC(C)C)c23)cn1. The molecule has 3 heterocycles. The van der Waals surface area contributed by atoms with Crippen molar-refractivity contribution in [3.05, 3.63) is 24.7 Å². The van der Waals surface area contributed by atoms with Crippen LogP contribution in [0.1, 0.15) is 20.8 Å². The van der Waals surface area contributed by atoms with Crippen LogP contribution < -0.4 is 4.74 Å². The number of fused-ring (bicyclic) bond motifs is 1. The van der Waals surface area contributed by atoms with Crippen LogP contribution in [0, 0.1) is 0 Å². The zero-order valence-electron chi connectivity index (χ0n) is 11.8. The van der Waals surface area contributed by atoms with Gasteiger partial charge >= 0.3 is 0 Å². The second kappa shape index (κ2) is 4.96. The van der Waals surface area contributed by atoms with E-state index in [9.17, 15) is 0 Å². The molecular formula is C14H17N5O. The quantitative estimate of drug-likeness (QED) is 0.792. The first kappa shape index (κ1) is 12.7. The van der Waals surface area contributed by atoms with E-state index < -0.39 is 0 Å². The summed E-state index contributed by atoms with van der Waals surface area (Å²) in [5.74, 6) is 0.602. The van der Waals surface area contributed by atoms with Crippen LogP contribution in [0.3, 0.4) is 0 Å². The number of nitrogens with zero attached hydrogens (tertiary/aromatic N) is 4. The molecule has 0 aliphatic rings. The van der Waals surface area contributed by atoms with Gasteiger partial charge in [0.2, 0.25) is 5.88 Å². The van der Waals surface area contributed by atoms with E-state index >= 15 is 0 Å². The van der Waals surface area contributed by atoms with E-state index in [1.807, 2.05) is 43.9 Å². The van der Waals surface area contributed by atoms with Crippen molar-refractivity contribution in [2.75, 3.05) is 0 Å². The predicted octanol–water partition coefficient (Wildman–Crippen LogP) is 2.63. The third-order valence-electron chi connectivity index (χ3n) is 3.02. The zero-order chi connectivity index (χ0) is 14.1. The van der Waals surface area contributed by atoms with E-state index in [-0.39, 0.29) is 6.10 Å². The molecule has 6 heteroatoms. The number of nitrogens with one attached hydrogen (secondary N) is 1. The van der Waals surface area contributed by atoms with Gasteiger partial charge in [-0.15, -0.1) is 0 Å². The van der Waals surface area contributed by atoms with Crippen LogP contribution in [-0.4, -0.2) is 31.1 Å². The monoisotopic (exact) mass is 271 g/mol. The van der Waals surface area contributed by atoms with Crippen molar-refractivity contribution in [2.45, 2.75) is 33.4 Å². The Labute approximate surface area is 116 Å². The van der Waals surface area contributed by atoms with Crippen molar-refractivity contribution in [1.82, 2.24) is 25.0 Å². The van der Waals surface area contributed by atoms with Gasteiger partial charge in [0.05, 0.1) is 23.2 Å². The van der Waals surface area contributed by atoms with Crippen LogP contribution in [-0.2, 0) is 6.54 Å². The van der Waals surface area contributed by atoms with E-state index in [1.54, 1.807) is 6.20 Å². The molecular weight excluding hydrogens is 254 g/mol. The number of pyridine rings is 1. The Kier molecular flexibility index (Phi) is 3.14. The molecule has 3 aromatic rings. The number of hydrogen-bond acceptors (Lipinski definition) is 4. The largest absolute Gasteiger partial charge is 0.474 e. The summed E-state index contributed by atoms with van der Waals surface area (Å²) in [6.07, 6.45) is 5.57. The summed E-state index contributed by atoms with van der Waals surface area (Å²) in [4.78, 5) is 4.32. The number of rotatable bonds is 4. The topological polar surface area (TPSA) is 68.6 Å². The molecule has 3 aromatic heterocycles. The second-order valence-corrected chi connectivity index (χ2v) is 4.86. The van der Waals surface area contributed by atoms with Gasteiger partial charge in [0.25, 0.3) is 0 Å². The van der Waals surface area contributed by atoms with Gasteiger partial charge in [-0.05, 0) is 26.8 Å². The van der Waals surface area contributed by atoms with Crippen molar-refractivity contribution in [2.24, 2.45) is 0 Å². The molecule has 0 amide bonds. The number of aromatic amines is 1. The normalized spacial score (nSPS) is 11.4. The van der Waals surface area contributed by atoms with E-state index in [2.05, 4.69) is 20.3 Å². The molecule has 0 aliphatic carbocycles. The Hall–Kier alpha value is -2.37. The molecule has 0 aliphatic heterocycles. The molecule has 0 saturated carbocycles. The number of hydrogen-bond donors (Lipinski definition) is 1. The molecule has 0 radical (unpaired) electrons. The summed E-state index contributed by atoms with van der Waals surface area (Å²) in [5.41, 5.74) is 2.69. The molecule has 0 aromatic carbocycles. The van der Waals surface area contributed by atoms with Gasteiger partial charge in [0, 0.05) is 24.5 Å². The standard InChI is InChI=1S/C14H17N5O/c1-4-19-8-10(7-16-19)13-12-11(17-18-13)5-6-15-14(12)20-9(2)3/h5-9H,4H2,1-3H3,(H,17,18). The molecule has 0 fully saturated rings. The number of aryl methyl sites for hydroxylation is 1. The Bertz CT molecular complexity index is 728. The maximum Gasteiger partial charge on any atom is 0.225 e. The molecule has 0 spiro atoms. The third-order valence-corrected chi connectivity index (χ3v) is 3.02. The number of ether oxygens (including phenoxy) is 1. The third kappa shape index (κ3) is 2.13. The van der Waals surface area contributed by atoms with Crippen molar-refractivity contribution >= 4 is 10.9 Å². The highest BCUT2D eigenvalue weighted by molar-refractivity contribution is 5.96. The van der Waals surface area contributed by atoms with Crippen LogP contribution in [0.25, 0.3) is 22.2 Å². The average molecular weight is 271 g/mol. The van der Waals surface area contributed by atoms with Gasteiger partial charge in [-0.3, -0.25) is 9.78 Å². The summed E-state index contributed by atoms with van der Waals surface area (Å²) >= 11 is 0. The van der Waals surface area contributed by atoms with Gasteiger partial charge in [0.15, 0.2) is 0 Å². The first-order valence-electron chi connectivity index (χ1n) is 6.71. The van der Waals surface area contributed by atoms with E-state index in [4.69, 9.17) is 4.74 Å². The Morgan fingerprint density at radius 3 is 2.95 bits per heavy atom. The summed E-state index contributed by atoms with van der Waals surface area (Å²) in [6, 6.07) is 1.89. The van der Waals surface area contributed by atoms with Crippen LogP contribution in [0.2, 0.25) is 0 Å². The van der Waals surface area contributed by atoms with E-state index in [1.165, 1.54) is 0 Å².